The van der Waals surface area contributed by atoms with E-state index in [9.17, 15) is 0 Å². The fraction of sp³-hybridized carbons (Fsp3) is 0.611. The van der Waals surface area contributed by atoms with Gasteiger partial charge in [-0.25, -0.2) is 0 Å². The number of aliphatic imine (C=N–C) groups is 1. The molecule has 0 amide bonds. The molecule has 0 saturated heterocycles. The number of halogens is 1. The van der Waals surface area contributed by atoms with Crippen LogP contribution in [-0.4, -0.2) is 53.0 Å². The summed E-state index contributed by atoms with van der Waals surface area (Å²) in [5.74, 6) is 0.865. The SMILES string of the molecule is CN=C(NCCCOCCOC)NCC1(c2ccccc2)CC1.I. The van der Waals surface area contributed by atoms with Crippen LogP contribution in [0.3, 0.4) is 0 Å². The standard InChI is InChI=1S/C18H29N3O2.HI/c1-19-17(20-11-6-12-23-14-13-22-2)21-15-18(9-10-18)16-7-4-3-5-8-16;/h3-5,7-8H,6,9-15H2,1-2H3,(H2,19,20,21);1H. The van der Waals surface area contributed by atoms with Gasteiger partial charge in [0.05, 0.1) is 13.2 Å². The van der Waals surface area contributed by atoms with Crippen LogP contribution in [0.25, 0.3) is 0 Å². The van der Waals surface area contributed by atoms with E-state index in [4.69, 9.17) is 9.47 Å². The highest BCUT2D eigenvalue weighted by atomic mass is 127. The summed E-state index contributed by atoms with van der Waals surface area (Å²) in [4.78, 5) is 4.29. The summed E-state index contributed by atoms with van der Waals surface area (Å²) in [7, 11) is 3.50. The van der Waals surface area contributed by atoms with Crippen LogP contribution < -0.4 is 10.6 Å². The summed E-state index contributed by atoms with van der Waals surface area (Å²) >= 11 is 0. The Kier molecular flexibility index (Phi) is 10.3. The summed E-state index contributed by atoms with van der Waals surface area (Å²) in [6.45, 7) is 3.83. The molecule has 136 valence electrons. The number of ether oxygens (including phenoxy) is 2. The van der Waals surface area contributed by atoms with E-state index < -0.39 is 0 Å². The van der Waals surface area contributed by atoms with Gasteiger partial charge in [-0.1, -0.05) is 30.3 Å². The molecule has 1 aliphatic carbocycles. The Bertz CT molecular complexity index is 478. The predicted molar refractivity (Wildman–Crippen MR) is 109 cm³/mol. The fourth-order valence-electron chi connectivity index (χ4n) is 2.61. The Balaban J connectivity index is 0.00000288. The van der Waals surface area contributed by atoms with Crippen molar-refractivity contribution in [2.75, 3.05) is 47.1 Å². The molecule has 1 aliphatic rings. The van der Waals surface area contributed by atoms with E-state index in [2.05, 4.69) is 46.0 Å². The molecule has 2 rings (SSSR count). The highest BCUT2D eigenvalue weighted by Crippen LogP contribution is 2.47. The van der Waals surface area contributed by atoms with Crippen LogP contribution in [0.4, 0.5) is 0 Å². The Labute approximate surface area is 162 Å². The van der Waals surface area contributed by atoms with E-state index in [1.165, 1.54) is 18.4 Å². The van der Waals surface area contributed by atoms with E-state index in [-0.39, 0.29) is 24.0 Å². The molecule has 0 unspecified atom stereocenters. The second-order valence-electron chi connectivity index (χ2n) is 5.96. The van der Waals surface area contributed by atoms with Crippen molar-refractivity contribution in [2.45, 2.75) is 24.7 Å². The lowest BCUT2D eigenvalue weighted by Crippen LogP contribution is -2.41. The third-order valence-electron chi connectivity index (χ3n) is 4.25. The quantitative estimate of drug-likeness (QED) is 0.251. The summed E-state index contributed by atoms with van der Waals surface area (Å²) in [6, 6.07) is 10.8. The number of rotatable bonds is 10. The highest BCUT2D eigenvalue weighted by molar-refractivity contribution is 14.0. The first-order valence-electron chi connectivity index (χ1n) is 8.37. The third-order valence-corrected chi connectivity index (χ3v) is 4.25. The molecule has 0 radical (unpaired) electrons. The molecule has 0 bridgehead atoms. The number of hydrogen-bond acceptors (Lipinski definition) is 3. The van der Waals surface area contributed by atoms with E-state index >= 15 is 0 Å². The number of guanidine groups is 1. The summed E-state index contributed by atoms with van der Waals surface area (Å²) in [5, 5.41) is 6.80. The maximum atomic E-state index is 5.45. The monoisotopic (exact) mass is 447 g/mol. The number of benzene rings is 1. The van der Waals surface area contributed by atoms with Crippen LogP contribution in [0.15, 0.2) is 35.3 Å². The molecule has 0 atom stereocenters. The number of methoxy groups -OCH3 is 1. The topological polar surface area (TPSA) is 54.9 Å². The van der Waals surface area contributed by atoms with Gasteiger partial charge in [0.15, 0.2) is 5.96 Å². The maximum absolute atomic E-state index is 5.45. The zero-order valence-corrected chi connectivity index (χ0v) is 17.0. The van der Waals surface area contributed by atoms with E-state index in [0.29, 0.717) is 18.6 Å². The van der Waals surface area contributed by atoms with Gasteiger partial charge < -0.3 is 20.1 Å². The highest BCUT2D eigenvalue weighted by Gasteiger charge is 2.43. The Morgan fingerprint density at radius 1 is 1.12 bits per heavy atom. The van der Waals surface area contributed by atoms with Crippen molar-refractivity contribution >= 4 is 29.9 Å². The summed E-state index contributed by atoms with van der Waals surface area (Å²) in [5.41, 5.74) is 1.72. The summed E-state index contributed by atoms with van der Waals surface area (Å²) < 4.78 is 10.4. The fourth-order valence-corrected chi connectivity index (χ4v) is 2.61. The first kappa shape index (κ1) is 21.2. The Hall–Kier alpha value is -0.860. The molecule has 0 heterocycles. The maximum Gasteiger partial charge on any atom is 0.191 e. The molecule has 5 nitrogen and oxygen atoms in total. The zero-order valence-electron chi connectivity index (χ0n) is 14.7. The normalized spacial score (nSPS) is 15.5. The van der Waals surface area contributed by atoms with Gasteiger partial charge in [0.2, 0.25) is 0 Å². The van der Waals surface area contributed by atoms with E-state index in [1.54, 1.807) is 7.11 Å². The van der Waals surface area contributed by atoms with Gasteiger partial charge in [0.25, 0.3) is 0 Å². The molecule has 24 heavy (non-hydrogen) atoms. The van der Waals surface area contributed by atoms with Gasteiger partial charge in [-0.15, -0.1) is 24.0 Å². The van der Waals surface area contributed by atoms with Crippen LogP contribution >= 0.6 is 24.0 Å². The van der Waals surface area contributed by atoms with Crippen LogP contribution in [0.5, 0.6) is 0 Å². The lowest BCUT2D eigenvalue weighted by Gasteiger charge is -2.19. The van der Waals surface area contributed by atoms with Gasteiger partial charge in [0, 0.05) is 39.3 Å². The number of nitrogens with one attached hydrogen (secondary N) is 2. The molecular weight excluding hydrogens is 417 g/mol. The molecule has 1 fully saturated rings. The van der Waals surface area contributed by atoms with Crippen LogP contribution in [-0.2, 0) is 14.9 Å². The second kappa shape index (κ2) is 11.7. The van der Waals surface area contributed by atoms with Crippen molar-refractivity contribution in [1.82, 2.24) is 10.6 Å². The number of hydrogen-bond donors (Lipinski definition) is 2. The number of nitrogens with zero attached hydrogens (tertiary/aromatic N) is 1. The lowest BCUT2D eigenvalue weighted by molar-refractivity contribution is 0.0698. The Morgan fingerprint density at radius 2 is 1.88 bits per heavy atom. The van der Waals surface area contributed by atoms with Crippen molar-refractivity contribution in [3.8, 4) is 0 Å². The van der Waals surface area contributed by atoms with Crippen molar-refractivity contribution in [3.05, 3.63) is 35.9 Å². The molecule has 2 N–H and O–H groups in total. The van der Waals surface area contributed by atoms with Crippen molar-refractivity contribution < 1.29 is 9.47 Å². The molecule has 0 aromatic heterocycles. The van der Waals surface area contributed by atoms with E-state index in [1.807, 2.05) is 7.05 Å². The zero-order chi connectivity index (χ0) is 16.4. The third kappa shape index (κ3) is 6.94. The average molecular weight is 447 g/mol. The van der Waals surface area contributed by atoms with Crippen molar-refractivity contribution in [1.29, 1.82) is 0 Å². The van der Waals surface area contributed by atoms with Gasteiger partial charge in [-0.3, -0.25) is 4.99 Å². The minimum Gasteiger partial charge on any atom is -0.382 e. The van der Waals surface area contributed by atoms with Gasteiger partial charge in [-0.05, 0) is 24.8 Å². The van der Waals surface area contributed by atoms with Gasteiger partial charge in [-0.2, -0.15) is 0 Å². The molecule has 1 saturated carbocycles. The minimum atomic E-state index is 0. The van der Waals surface area contributed by atoms with Crippen molar-refractivity contribution in [3.63, 3.8) is 0 Å². The largest absolute Gasteiger partial charge is 0.382 e. The molecule has 1 aromatic rings. The van der Waals surface area contributed by atoms with Gasteiger partial charge >= 0.3 is 0 Å². The Morgan fingerprint density at radius 3 is 2.50 bits per heavy atom. The van der Waals surface area contributed by atoms with Crippen LogP contribution in [0.1, 0.15) is 24.8 Å². The minimum absolute atomic E-state index is 0. The predicted octanol–water partition coefficient (Wildman–Crippen LogP) is 2.55. The summed E-state index contributed by atoms with van der Waals surface area (Å²) in [6.07, 6.45) is 3.44. The van der Waals surface area contributed by atoms with Crippen molar-refractivity contribution in [2.24, 2.45) is 4.99 Å². The molecule has 1 aromatic carbocycles. The molecule has 6 heteroatoms. The second-order valence-corrected chi connectivity index (χ2v) is 5.96. The lowest BCUT2D eigenvalue weighted by atomic mass is 9.96. The molecule has 0 aliphatic heterocycles. The molecular formula is C18H30IN3O2. The smallest absolute Gasteiger partial charge is 0.191 e. The first-order chi connectivity index (χ1) is 11.3. The van der Waals surface area contributed by atoms with Crippen LogP contribution in [0.2, 0.25) is 0 Å². The van der Waals surface area contributed by atoms with Gasteiger partial charge in [0.1, 0.15) is 0 Å². The molecule has 0 spiro atoms. The first-order valence-corrected chi connectivity index (χ1v) is 8.37. The van der Waals surface area contributed by atoms with E-state index in [0.717, 1.165) is 32.1 Å². The van der Waals surface area contributed by atoms with Crippen LogP contribution in [0, 0.1) is 0 Å². The average Bonchev–Trinajstić information content (AvgIpc) is 3.39.